The number of amides is 1. The van der Waals surface area contributed by atoms with Crippen LogP contribution in [0.1, 0.15) is 28.8 Å². The van der Waals surface area contributed by atoms with Gasteiger partial charge in [-0.15, -0.1) is 0 Å². The second kappa shape index (κ2) is 9.07. The van der Waals surface area contributed by atoms with Crippen molar-refractivity contribution in [3.05, 3.63) is 132 Å². The molecule has 3 aromatic carbocycles. The number of hydrogen-bond donors (Lipinski definition) is 1. The van der Waals surface area contributed by atoms with Crippen LogP contribution in [0.3, 0.4) is 0 Å². The third-order valence-corrected chi connectivity index (χ3v) is 5.11. The van der Waals surface area contributed by atoms with E-state index in [0.717, 1.165) is 16.7 Å². The second-order valence-corrected chi connectivity index (χ2v) is 7.10. The van der Waals surface area contributed by atoms with Crippen LogP contribution in [-0.4, -0.2) is 10.5 Å². The molecule has 144 valence electrons. The van der Waals surface area contributed by atoms with Crippen LogP contribution in [0.4, 0.5) is 0 Å². The molecular weight excluding hydrogens is 356 g/mol. The van der Waals surface area contributed by atoms with E-state index in [9.17, 15) is 4.79 Å². The number of rotatable bonds is 7. The lowest BCUT2D eigenvalue weighted by Crippen LogP contribution is -2.36. The van der Waals surface area contributed by atoms with Crippen LogP contribution in [0, 0.1) is 0 Å². The van der Waals surface area contributed by atoms with E-state index in [1.54, 1.807) is 0 Å². The predicted molar refractivity (Wildman–Crippen MR) is 116 cm³/mol. The summed E-state index contributed by atoms with van der Waals surface area (Å²) in [5.74, 6) is 0.00255. The monoisotopic (exact) mass is 380 g/mol. The molecule has 0 aliphatic heterocycles. The van der Waals surface area contributed by atoms with E-state index >= 15 is 0 Å². The fourth-order valence-corrected chi connectivity index (χ4v) is 3.62. The third-order valence-electron chi connectivity index (χ3n) is 5.11. The lowest BCUT2D eigenvalue weighted by atomic mass is 9.97. The summed E-state index contributed by atoms with van der Waals surface area (Å²) in [5.41, 5.74) is 3.27. The zero-order chi connectivity index (χ0) is 19.9. The van der Waals surface area contributed by atoms with E-state index in [4.69, 9.17) is 0 Å². The molecular formula is C26H24N2O. The molecule has 3 nitrogen and oxygen atoms in total. The number of hydrogen-bond acceptors (Lipinski definition) is 1. The highest BCUT2D eigenvalue weighted by atomic mass is 16.2. The zero-order valence-electron chi connectivity index (χ0n) is 16.2. The molecule has 4 aromatic rings. The number of benzene rings is 3. The van der Waals surface area contributed by atoms with Gasteiger partial charge < -0.3 is 9.88 Å². The molecule has 0 aliphatic carbocycles. The molecule has 1 unspecified atom stereocenters. The summed E-state index contributed by atoms with van der Waals surface area (Å²) < 4.78 is 1.98. The molecule has 0 bridgehead atoms. The first kappa shape index (κ1) is 18.8. The number of carbonyl (C=O) groups is 1. The van der Waals surface area contributed by atoms with E-state index in [1.807, 2.05) is 83.7 Å². The molecule has 0 saturated heterocycles. The van der Waals surface area contributed by atoms with Crippen molar-refractivity contribution in [3.8, 4) is 0 Å². The maximum Gasteiger partial charge on any atom is 0.244 e. The molecule has 3 heteroatoms. The largest absolute Gasteiger partial charge is 0.343 e. The van der Waals surface area contributed by atoms with Gasteiger partial charge in [-0.2, -0.15) is 0 Å². The van der Waals surface area contributed by atoms with Crippen molar-refractivity contribution in [1.82, 2.24) is 9.88 Å². The van der Waals surface area contributed by atoms with Gasteiger partial charge in [0.2, 0.25) is 5.91 Å². The fourth-order valence-electron chi connectivity index (χ4n) is 3.62. The van der Waals surface area contributed by atoms with Crippen molar-refractivity contribution in [2.75, 3.05) is 0 Å². The fraction of sp³-hybridized carbons (Fsp3) is 0.115. The van der Waals surface area contributed by atoms with E-state index in [-0.39, 0.29) is 18.0 Å². The highest BCUT2D eigenvalue weighted by Crippen LogP contribution is 2.24. The number of nitrogens with one attached hydrogen (secondary N) is 1. The van der Waals surface area contributed by atoms with Gasteiger partial charge in [0.05, 0.1) is 6.04 Å². The van der Waals surface area contributed by atoms with Gasteiger partial charge in [0, 0.05) is 18.8 Å². The van der Waals surface area contributed by atoms with Gasteiger partial charge in [0.25, 0.3) is 0 Å². The van der Waals surface area contributed by atoms with E-state index < -0.39 is 0 Å². The zero-order valence-corrected chi connectivity index (χ0v) is 16.2. The van der Waals surface area contributed by atoms with Crippen molar-refractivity contribution < 1.29 is 4.79 Å². The van der Waals surface area contributed by atoms with Crippen molar-refractivity contribution in [3.63, 3.8) is 0 Å². The van der Waals surface area contributed by atoms with E-state index in [1.165, 1.54) is 0 Å². The Bertz CT molecular complexity index is 973. The lowest BCUT2D eigenvalue weighted by Gasteiger charge is -2.25. The summed E-state index contributed by atoms with van der Waals surface area (Å²) in [6, 6.07) is 33.8. The standard InChI is InChI=1S/C26H24N2O/c29-26(24(28-18-10-11-19-28)20-21-12-4-1-5-13-21)27-25(22-14-6-2-7-15-22)23-16-8-3-9-17-23/h1-19,24-25H,20H2,(H,27,29). The van der Waals surface area contributed by atoms with Gasteiger partial charge in [-0.1, -0.05) is 91.0 Å². The van der Waals surface area contributed by atoms with Crippen LogP contribution < -0.4 is 5.32 Å². The molecule has 1 atom stereocenters. The number of nitrogens with zero attached hydrogens (tertiary/aromatic N) is 1. The van der Waals surface area contributed by atoms with Crippen molar-refractivity contribution in [2.45, 2.75) is 18.5 Å². The van der Waals surface area contributed by atoms with Crippen LogP contribution in [0.5, 0.6) is 0 Å². The molecule has 4 rings (SSSR count). The number of carbonyl (C=O) groups excluding carboxylic acids is 1. The van der Waals surface area contributed by atoms with Crippen LogP contribution in [0.2, 0.25) is 0 Å². The maximum absolute atomic E-state index is 13.5. The van der Waals surface area contributed by atoms with Gasteiger partial charge in [0.15, 0.2) is 0 Å². The molecule has 1 aromatic heterocycles. The van der Waals surface area contributed by atoms with Gasteiger partial charge in [-0.25, -0.2) is 0 Å². The van der Waals surface area contributed by atoms with Crippen LogP contribution in [0.15, 0.2) is 116 Å². The van der Waals surface area contributed by atoms with E-state index in [2.05, 4.69) is 41.7 Å². The van der Waals surface area contributed by atoms with Gasteiger partial charge in [0.1, 0.15) is 6.04 Å². The van der Waals surface area contributed by atoms with Crippen LogP contribution in [0.25, 0.3) is 0 Å². The molecule has 0 radical (unpaired) electrons. The minimum atomic E-state index is -0.317. The topological polar surface area (TPSA) is 34.0 Å². The summed E-state index contributed by atoms with van der Waals surface area (Å²) >= 11 is 0. The van der Waals surface area contributed by atoms with Gasteiger partial charge in [-0.05, 0) is 28.8 Å². The van der Waals surface area contributed by atoms with Crippen LogP contribution >= 0.6 is 0 Å². The molecule has 1 heterocycles. The first-order valence-electron chi connectivity index (χ1n) is 9.88. The Hall–Kier alpha value is -3.59. The van der Waals surface area contributed by atoms with Gasteiger partial charge >= 0.3 is 0 Å². The molecule has 0 aliphatic rings. The first-order valence-corrected chi connectivity index (χ1v) is 9.88. The highest BCUT2D eigenvalue weighted by Gasteiger charge is 2.24. The molecule has 0 saturated carbocycles. The third kappa shape index (κ3) is 4.64. The summed E-state index contributed by atoms with van der Waals surface area (Å²) in [4.78, 5) is 13.5. The second-order valence-electron chi connectivity index (χ2n) is 7.10. The molecule has 0 fully saturated rings. The van der Waals surface area contributed by atoms with Crippen molar-refractivity contribution >= 4 is 5.91 Å². The van der Waals surface area contributed by atoms with Crippen molar-refractivity contribution in [2.24, 2.45) is 0 Å². The average molecular weight is 380 g/mol. The lowest BCUT2D eigenvalue weighted by molar-refractivity contribution is -0.124. The molecule has 29 heavy (non-hydrogen) atoms. The molecule has 1 amide bonds. The Morgan fingerprint density at radius 1 is 0.690 bits per heavy atom. The SMILES string of the molecule is O=C(NC(c1ccccc1)c1ccccc1)C(Cc1ccccc1)n1cccc1. The summed E-state index contributed by atoms with van der Waals surface area (Å²) in [6.07, 6.45) is 4.54. The first-order chi connectivity index (χ1) is 14.3. The van der Waals surface area contributed by atoms with Crippen LogP contribution in [-0.2, 0) is 11.2 Å². The quantitative estimate of drug-likeness (QED) is 0.471. The Morgan fingerprint density at radius 3 is 1.69 bits per heavy atom. The van der Waals surface area contributed by atoms with Crippen molar-refractivity contribution in [1.29, 1.82) is 0 Å². The van der Waals surface area contributed by atoms with E-state index in [0.29, 0.717) is 6.42 Å². The minimum absolute atomic E-state index is 0.00255. The summed E-state index contributed by atoms with van der Waals surface area (Å²) in [6.45, 7) is 0. The van der Waals surface area contributed by atoms with Gasteiger partial charge in [-0.3, -0.25) is 4.79 Å². The normalized spacial score (nSPS) is 11.9. The molecule has 0 spiro atoms. The summed E-state index contributed by atoms with van der Waals surface area (Å²) in [5, 5.41) is 3.30. The minimum Gasteiger partial charge on any atom is -0.343 e. The predicted octanol–water partition coefficient (Wildman–Crippen LogP) is 5.18. The average Bonchev–Trinajstić information content (AvgIpc) is 3.32. The number of aromatic nitrogens is 1. The molecule has 1 N–H and O–H groups in total. The Balaban J connectivity index is 1.64. The Labute approximate surface area is 171 Å². The highest BCUT2D eigenvalue weighted by molar-refractivity contribution is 5.81. The maximum atomic E-state index is 13.5. The Kier molecular flexibility index (Phi) is 5.87. The smallest absolute Gasteiger partial charge is 0.244 e. The summed E-state index contributed by atoms with van der Waals surface area (Å²) in [7, 11) is 0. The Morgan fingerprint density at radius 2 is 1.17 bits per heavy atom.